The van der Waals surface area contributed by atoms with Gasteiger partial charge in [0.1, 0.15) is 6.10 Å². The Labute approximate surface area is 142 Å². The van der Waals surface area contributed by atoms with E-state index in [1.165, 1.54) is 0 Å². The summed E-state index contributed by atoms with van der Waals surface area (Å²) in [7, 11) is -1.63. The average molecular weight is 334 g/mol. The standard InChI is InChI=1S/C19H31NO2Si/c1-19(2,3)23(4,5)21-16-10-14-18-13-9-15-20(22-18)17-11-7-6-8-12-17/h6-9,11-13,18H,10,14-16H2,1-5H3/t18-/m0/s1. The van der Waals surface area contributed by atoms with Crippen molar-refractivity contribution in [1.82, 2.24) is 0 Å². The van der Waals surface area contributed by atoms with Gasteiger partial charge >= 0.3 is 0 Å². The van der Waals surface area contributed by atoms with Gasteiger partial charge in [-0.1, -0.05) is 51.1 Å². The first-order valence-electron chi connectivity index (χ1n) is 8.59. The van der Waals surface area contributed by atoms with Crippen LogP contribution < -0.4 is 5.06 Å². The number of hydrogen-bond acceptors (Lipinski definition) is 3. The molecule has 23 heavy (non-hydrogen) atoms. The Hall–Kier alpha value is -1.10. The Morgan fingerprint density at radius 1 is 1.22 bits per heavy atom. The maximum atomic E-state index is 6.24. The molecular formula is C19H31NO2Si. The Balaban J connectivity index is 1.76. The number of hydroxylamine groups is 1. The van der Waals surface area contributed by atoms with Crippen LogP contribution in [0.2, 0.25) is 18.1 Å². The quantitative estimate of drug-likeness (QED) is 0.407. The molecular weight excluding hydrogens is 302 g/mol. The van der Waals surface area contributed by atoms with Gasteiger partial charge in [-0.3, -0.25) is 4.84 Å². The lowest BCUT2D eigenvalue weighted by Gasteiger charge is -2.36. The van der Waals surface area contributed by atoms with Crippen LogP contribution in [0, 0.1) is 0 Å². The van der Waals surface area contributed by atoms with Crippen molar-refractivity contribution in [2.45, 2.75) is 57.8 Å². The highest BCUT2D eigenvalue weighted by molar-refractivity contribution is 6.74. The third-order valence-electron chi connectivity index (χ3n) is 4.83. The molecule has 0 unspecified atom stereocenters. The fourth-order valence-corrected chi connectivity index (χ4v) is 3.38. The summed E-state index contributed by atoms with van der Waals surface area (Å²) in [5, 5.41) is 2.25. The van der Waals surface area contributed by atoms with Gasteiger partial charge in [0.15, 0.2) is 8.32 Å². The van der Waals surface area contributed by atoms with E-state index in [1.54, 1.807) is 0 Å². The summed E-state index contributed by atoms with van der Waals surface area (Å²) >= 11 is 0. The Morgan fingerprint density at radius 2 is 1.91 bits per heavy atom. The highest BCUT2D eigenvalue weighted by atomic mass is 28.4. The molecule has 0 aliphatic carbocycles. The van der Waals surface area contributed by atoms with Crippen LogP contribution in [0.1, 0.15) is 33.6 Å². The zero-order chi connectivity index (χ0) is 16.9. The van der Waals surface area contributed by atoms with Gasteiger partial charge in [0.05, 0.1) is 12.2 Å². The molecule has 0 fully saturated rings. The van der Waals surface area contributed by atoms with Crippen molar-refractivity contribution in [3.63, 3.8) is 0 Å². The van der Waals surface area contributed by atoms with Gasteiger partial charge in [0.25, 0.3) is 0 Å². The maximum absolute atomic E-state index is 6.24. The predicted octanol–water partition coefficient (Wildman–Crippen LogP) is 5.17. The molecule has 0 amide bonds. The van der Waals surface area contributed by atoms with E-state index >= 15 is 0 Å². The van der Waals surface area contributed by atoms with Gasteiger partial charge in [-0.15, -0.1) is 0 Å². The Bertz CT molecular complexity index is 508. The lowest BCUT2D eigenvalue weighted by Crippen LogP contribution is -2.41. The van der Waals surface area contributed by atoms with Crippen molar-refractivity contribution in [3.05, 3.63) is 42.5 Å². The van der Waals surface area contributed by atoms with E-state index in [1.807, 2.05) is 23.3 Å². The molecule has 1 atom stereocenters. The fourth-order valence-electron chi connectivity index (χ4n) is 2.29. The van der Waals surface area contributed by atoms with E-state index in [0.717, 1.165) is 31.7 Å². The minimum absolute atomic E-state index is 0.145. The molecule has 0 aromatic heterocycles. The minimum atomic E-state index is -1.63. The number of anilines is 1. The van der Waals surface area contributed by atoms with Crippen molar-refractivity contribution in [2.24, 2.45) is 0 Å². The van der Waals surface area contributed by atoms with E-state index < -0.39 is 8.32 Å². The van der Waals surface area contributed by atoms with E-state index in [-0.39, 0.29) is 11.1 Å². The molecule has 3 nitrogen and oxygen atoms in total. The summed E-state index contributed by atoms with van der Waals surface area (Å²) in [6, 6.07) is 10.3. The van der Waals surface area contributed by atoms with Crippen molar-refractivity contribution in [2.75, 3.05) is 18.2 Å². The monoisotopic (exact) mass is 333 g/mol. The highest BCUT2D eigenvalue weighted by Gasteiger charge is 2.36. The molecule has 0 bridgehead atoms. The van der Waals surface area contributed by atoms with Gasteiger partial charge in [-0.05, 0) is 43.1 Å². The van der Waals surface area contributed by atoms with Crippen LogP contribution in [0.3, 0.4) is 0 Å². The maximum Gasteiger partial charge on any atom is 0.191 e. The number of hydrogen-bond donors (Lipinski definition) is 0. The second kappa shape index (κ2) is 7.64. The Morgan fingerprint density at radius 3 is 2.57 bits per heavy atom. The summed E-state index contributed by atoms with van der Waals surface area (Å²) in [5.41, 5.74) is 1.11. The normalized spacial score (nSPS) is 19.2. The zero-order valence-electron chi connectivity index (χ0n) is 15.2. The summed E-state index contributed by atoms with van der Waals surface area (Å²) in [5.74, 6) is 0. The van der Waals surface area contributed by atoms with E-state index in [2.05, 4.69) is 58.2 Å². The molecule has 0 saturated carbocycles. The summed E-state index contributed by atoms with van der Waals surface area (Å²) < 4.78 is 6.24. The van der Waals surface area contributed by atoms with Gasteiger partial charge in [-0.25, -0.2) is 5.06 Å². The average Bonchev–Trinajstić information content (AvgIpc) is 2.52. The van der Waals surface area contributed by atoms with Gasteiger partial charge in [0.2, 0.25) is 0 Å². The number of benzene rings is 1. The summed E-state index contributed by atoms with van der Waals surface area (Å²) in [6.45, 7) is 13.1. The fraction of sp³-hybridized carbons (Fsp3) is 0.579. The van der Waals surface area contributed by atoms with Crippen LogP contribution in [0.4, 0.5) is 5.69 Å². The smallest absolute Gasteiger partial charge is 0.191 e. The molecule has 1 aliphatic rings. The molecule has 0 saturated heterocycles. The number of rotatable bonds is 6. The van der Waals surface area contributed by atoms with Crippen LogP contribution in [-0.2, 0) is 9.26 Å². The predicted molar refractivity (Wildman–Crippen MR) is 100 cm³/mol. The van der Waals surface area contributed by atoms with Gasteiger partial charge in [0, 0.05) is 6.61 Å². The molecule has 1 aromatic rings. The topological polar surface area (TPSA) is 21.7 Å². The summed E-state index contributed by atoms with van der Waals surface area (Å²) in [6.07, 6.45) is 6.53. The third-order valence-corrected chi connectivity index (χ3v) is 9.37. The zero-order valence-corrected chi connectivity index (χ0v) is 16.2. The molecule has 0 spiro atoms. The first-order valence-corrected chi connectivity index (χ1v) is 11.5. The van der Waals surface area contributed by atoms with Crippen LogP contribution in [0.25, 0.3) is 0 Å². The van der Waals surface area contributed by atoms with Crippen molar-refractivity contribution in [3.8, 4) is 0 Å². The van der Waals surface area contributed by atoms with Crippen LogP contribution in [-0.4, -0.2) is 27.6 Å². The number of para-hydroxylation sites is 1. The van der Waals surface area contributed by atoms with Crippen LogP contribution in [0.15, 0.2) is 42.5 Å². The van der Waals surface area contributed by atoms with Crippen LogP contribution >= 0.6 is 0 Å². The van der Waals surface area contributed by atoms with E-state index in [4.69, 9.17) is 9.26 Å². The first-order chi connectivity index (χ1) is 10.8. The molecule has 0 radical (unpaired) electrons. The molecule has 2 rings (SSSR count). The molecule has 128 valence electrons. The molecule has 1 aliphatic heterocycles. The first kappa shape index (κ1) is 18.2. The van der Waals surface area contributed by atoms with Crippen molar-refractivity contribution >= 4 is 14.0 Å². The molecule has 0 N–H and O–H groups in total. The highest BCUT2D eigenvalue weighted by Crippen LogP contribution is 2.36. The Kier molecular flexibility index (Phi) is 6.06. The number of nitrogens with zero attached hydrogens (tertiary/aromatic N) is 1. The molecule has 1 aromatic carbocycles. The second-order valence-corrected chi connectivity index (χ2v) is 12.5. The van der Waals surface area contributed by atoms with Crippen molar-refractivity contribution < 1.29 is 9.26 Å². The minimum Gasteiger partial charge on any atom is -0.417 e. The largest absolute Gasteiger partial charge is 0.417 e. The lowest BCUT2D eigenvalue weighted by molar-refractivity contribution is 0.0498. The lowest BCUT2D eigenvalue weighted by atomic mass is 10.2. The van der Waals surface area contributed by atoms with Gasteiger partial charge in [-0.2, -0.15) is 0 Å². The van der Waals surface area contributed by atoms with Gasteiger partial charge < -0.3 is 4.43 Å². The van der Waals surface area contributed by atoms with Crippen molar-refractivity contribution in [1.29, 1.82) is 0 Å². The second-order valence-electron chi connectivity index (χ2n) is 7.72. The van der Waals surface area contributed by atoms with E-state index in [0.29, 0.717) is 0 Å². The third kappa shape index (κ3) is 5.20. The molecule has 4 heteroatoms. The summed E-state index contributed by atoms with van der Waals surface area (Å²) in [4.78, 5) is 6.07. The van der Waals surface area contributed by atoms with E-state index in [9.17, 15) is 0 Å². The van der Waals surface area contributed by atoms with Crippen LogP contribution in [0.5, 0.6) is 0 Å². The SMILES string of the molecule is CC(C)(C)[Si](C)(C)OCCC[C@@H]1C=CCN(c2ccccc2)O1. The molecule has 1 heterocycles.